The number of carbonyl (C=O) groups excluding carboxylic acids is 3. The summed E-state index contributed by atoms with van der Waals surface area (Å²) in [5.74, 6) is -5.28. The molecule has 0 aromatic rings. The first kappa shape index (κ1) is 24.7. The maximum absolute atomic E-state index is 12.2. The Hall–Kier alpha value is -2.34. The van der Waals surface area contributed by atoms with E-state index in [2.05, 4.69) is 28.6 Å². The Labute approximate surface area is 161 Å². The molecule has 3 amide bonds. The van der Waals surface area contributed by atoms with Crippen LogP contribution in [0.15, 0.2) is 0 Å². The molecule has 0 radical (unpaired) electrons. The average Bonchev–Trinajstić information content (AvgIpc) is 2.55. The number of aliphatic carboxylic acids is 2. The van der Waals surface area contributed by atoms with E-state index >= 15 is 0 Å². The lowest BCUT2D eigenvalue weighted by Gasteiger charge is -2.23. The molecule has 0 aromatic heterocycles. The minimum atomic E-state index is -1.35. The Morgan fingerprint density at radius 2 is 1.48 bits per heavy atom. The molecule has 0 aliphatic carbocycles. The van der Waals surface area contributed by atoms with Gasteiger partial charge in [-0.1, -0.05) is 13.8 Å². The van der Waals surface area contributed by atoms with Crippen LogP contribution in [0.25, 0.3) is 0 Å². The SMILES string of the molecule is CC(NC(=O)C(CS)NC(=O)C(N)CC(=O)O)C(=O)NC(C(=O)O)C(C)C. The molecule has 7 N–H and O–H groups in total. The van der Waals surface area contributed by atoms with E-state index < -0.39 is 60.2 Å². The molecule has 0 rings (SSSR count). The number of thiol groups is 1. The highest BCUT2D eigenvalue weighted by Crippen LogP contribution is 2.02. The number of carboxylic acid groups (broad SMARTS) is 2. The van der Waals surface area contributed by atoms with Crippen LogP contribution in [0.1, 0.15) is 27.2 Å². The van der Waals surface area contributed by atoms with Crippen molar-refractivity contribution in [1.29, 1.82) is 0 Å². The van der Waals surface area contributed by atoms with Gasteiger partial charge in [0.15, 0.2) is 0 Å². The normalized spacial score (nSPS) is 15.2. The van der Waals surface area contributed by atoms with Crippen LogP contribution in [0.4, 0.5) is 0 Å². The van der Waals surface area contributed by atoms with Crippen LogP contribution in [-0.2, 0) is 24.0 Å². The van der Waals surface area contributed by atoms with Gasteiger partial charge in [-0.05, 0) is 12.8 Å². The van der Waals surface area contributed by atoms with Crippen LogP contribution < -0.4 is 21.7 Å². The average molecular weight is 406 g/mol. The fourth-order valence-electron chi connectivity index (χ4n) is 1.93. The van der Waals surface area contributed by atoms with Gasteiger partial charge in [0, 0.05) is 5.75 Å². The molecule has 27 heavy (non-hydrogen) atoms. The molecule has 0 spiro atoms. The third-order valence-corrected chi connectivity index (χ3v) is 3.89. The van der Waals surface area contributed by atoms with Crippen molar-refractivity contribution in [2.45, 2.75) is 51.4 Å². The number of amides is 3. The standard InChI is InChI=1S/C15H26N4O7S/c1-6(2)11(15(25)26)19-12(22)7(3)17-14(24)9(5-27)18-13(23)8(16)4-10(20)21/h6-9,11,27H,4-5,16H2,1-3H3,(H,17,24)(H,18,23)(H,19,22)(H,20,21)(H,25,26). The monoisotopic (exact) mass is 406 g/mol. The van der Waals surface area contributed by atoms with E-state index in [1.165, 1.54) is 6.92 Å². The summed E-state index contributed by atoms with van der Waals surface area (Å²) in [6.45, 7) is 4.59. The van der Waals surface area contributed by atoms with E-state index in [9.17, 15) is 24.0 Å². The summed E-state index contributed by atoms with van der Waals surface area (Å²) < 4.78 is 0. The number of nitrogens with one attached hydrogen (secondary N) is 3. The van der Waals surface area contributed by atoms with Crippen molar-refractivity contribution in [3.05, 3.63) is 0 Å². The van der Waals surface area contributed by atoms with E-state index in [4.69, 9.17) is 15.9 Å². The number of nitrogens with two attached hydrogens (primary N) is 1. The number of hydrogen-bond donors (Lipinski definition) is 7. The van der Waals surface area contributed by atoms with Gasteiger partial charge < -0.3 is 31.9 Å². The number of hydrogen-bond acceptors (Lipinski definition) is 7. The topological polar surface area (TPSA) is 188 Å². The minimum absolute atomic E-state index is 0.130. The first-order valence-electron chi connectivity index (χ1n) is 8.12. The summed E-state index contributed by atoms with van der Waals surface area (Å²) in [6.07, 6.45) is -0.614. The van der Waals surface area contributed by atoms with Crippen LogP contribution in [0.3, 0.4) is 0 Å². The lowest BCUT2D eigenvalue weighted by atomic mass is 10.0. The number of rotatable bonds is 11. The second-order valence-electron chi connectivity index (χ2n) is 6.25. The van der Waals surface area contributed by atoms with Gasteiger partial charge >= 0.3 is 11.9 Å². The summed E-state index contributed by atoms with van der Waals surface area (Å²) in [5, 5.41) is 24.6. The van der Waals surface area contributed by atoms with Crippen molar-refractivity contribution in [2.75, 3.05) is 5.75 Å². The first-order chi connectivity index (χ1) is 12.4. The molecule has 0 saturated carbocycles. The van der Waals surface area contributed by atoms with Gasteiger partial charge in [0.25, 0.3) is 0 Å². The fourth-order valence-corrected chi connectivity index (χ4v) is 2.18. The summed E-state index contributed by atoms with van der Waals surface area (Å²) >= 11 is 3.94. The zero-order valence-corrected chi connectivity index (χ0v) is 16.2. The Morgan fingerprint density at radius 3 is 1.89 bits per heavy atom. The van der Waals surface area contributed by atoms with Crippen LogP contribution >= 0.6 is 12.6 Å². The summed E-state index contributed by atoms with van der Waals surface area (Å²) in [7, 11) is 0. The van der Waals surface area contributed by atoms with E-state index in [0.29, 0.717) is 0 Å². The summed E-state index contributed by atoms with van der Waals surface area (Å²) in [5.41, 5.74) is 5.41. The molecular formula is C15H26N4O7S. The van der Waals surface area contributed by atoms with Crippen molar-refractivity contribution >= 4 is 42.3 Å². The minimum Gasteiger partial charge on any atom is -0.481 e. The highest BCUT2D eigenvalue weighted by molar-refractivity contribution is 7.80. The Bertz CT molecular complexity index is 585. The van der Waals surface area contributed by atoms with Gasteiger partial charge in [-0.25, -0.2) is 4.79 Å². The van der Waals surface area contributed by atoms with Gasteiger partial charge in [0.05, 0.1) is 12.5 Å². The predicted octanol–water partition coefficient (Wildman–Crippen LogP) is -2.07. The van der Waals surface area contributed by atoms with Gasteiger partial charge in [-0.15, -0.1) is 0 Å². The smallest absolute Gasteiger partial charge is 0.326 e. The quantitative estimate of drug-likeness (QED) is 0.191. The molecule has 4 unspecified atom stereocenters. The molecule has 0 saturated heterocycles. The highest BCUT2D eigenvalue weighted by Gasteiger charge is 2.29. The summed E-state index contributed by atoms with van der Waals surface area (Å²) in [6, 6.07) is -4.70. The number of carbonyl (C=O) groups is 5. The molecule has 0 fully saturated rings. The maximum Gasteiger partial charge on any atom is 0.326 e. The lowest BCUT2D eigenvalue weighted by molar-refractivity contribution is -0.143. The second-order valence-corrected chi connectivity index (χ2v) is 6.61. The van der Waals surface area contributed by atoms with Crippen LogP contribution in [0, 0.1) is 5.92 Å². The van der Waals surface area contributed by atoms with Crippen LogP contribution in [0.5, 0.6) is 0 Å². The maximum atomic E-state index is 12.2. The third-order valence-electron chi connectivity index (χ3n) is 3.53. The van der Waals surface area contributed by atoms with Gasteiger partial charge in [-0.3, -0.25) is 19.2 Å². The Kier molecular flexibility index (Phi) is 10.4. The van der Waals surface area contributed by atoms with Crippen molar-refractivity contribution in [2.24, 2.45) is 11.7 Å². The molecular weight excluding hydrogens is 380 g/mol. The van der Waals surface area contributed by atoms with Gasteiger partial charge in [0.1, 0.15) is 18.1 Å². The third kappa shape index (κ3) is 8.73. The lowest BCUT2D eigenvalue weighted by Crippen LogP contribution is -2.57. The van der Waals surface area contributed by atoms with E-state index in [1.54, 1.807) is 13.8 Å². The molecule has 0 bridgehead atoms. The van der Waals surface area contributed by atoms with Gasteiger partial charge in [0.2, 0.25) is 17.7 Å². The molecule has 154 valence electrons. The van der Waals surface area contributed by atoms with Crippen LogP contribution in [0.2, 0.25) is 0 Å². The molecule has 4 atom stereocenters. The van der Waals surface area contributed by atoms with Crippen molar-refractivity contribution in [3.63, 3.8) is 0 Å². The van der Waals surface area contributed by atoms with E-state index in [1.807, 2.05) is 0 Å². The second kappa shape index (κ2) is 11.4. The van der Waals surface area contributed by atoms with E-state index in [-0.39, 0.29) is 11.7 Å². The van der Waals surface area contributed by atoms with Crippen molar-refractivity contribution < 1.29 is 34.2 Å². The molecule has 11 nitrogen and oxygen atoms in total. The zero-order chi connectivity index (χ0) is 21.3. The van der Waals surface area contributed by atoms with Gasteiger partial charge in [-0.2, -0.15) is 12.6 Å². The van der Waals surface area contributed by atoms with E-state index in [0.717, 1.165) is 0 Å². The zero-order valence-electron chi connectivity index (χ0n) is 15.3. The molecule has 0 aliphatic heterocycles. The molecule has 0 aromatic carbocycles. The Balaban J connectivity index is 4.81. The largest absolute Gasteiger partial charge is 0.481 e. The first-order valence-corrected chi connectivity index (χ1v) is 8.76. The predicted molar refractivity (Wildman–Crippen MR) is 98.0 cm³/mol. The Morgan fingerprint density at radius 1 is 0.926 bits per heavy atom. The molecule has 12 heteroatoms. The van der Waals surface area contributed by atoms with Crippen LogP contribution in [-0.4, -0.2) is 69.8 Å². The molecule has 0 aliphatic rings. The molecule has 0 heterocycles. The van der Waals surface area contributed by atoms with Crippen molar-refractivity contribution in [1.82, 2.24) is 16.0 Å². The fraction of sp³-hybridized carbons (Fsp3) is 0.667. The summed E-state index contributed by atoms with van der Waals surface area (Å²) in [4.78, 5) is 57.8. The number of carboxylic acids is 2. The highest BCUT2D eigenvalue weighted by atomic mass is 32.1. The van der Waals surface area contributed by atoms with Crippen molar-refractivity contribution in [3.8, 4) is 0 Å².